The average Bonchev–Trinajstić information content (AvgIpc) is 1.27. The molecule has 0 unspecified atom stereocenters. The van der Waals surface area contributed by atoms with Gasteiger partial charge in [0.1, 0.15) is 12.2 Å². The fourth-order valence-corrected chi connectivity index (χ4v) is 0.213. The van der Waals surface area contributed by atoms with E-state index in [-0.39, 0.29) is 38.4 Å². The fourth-order valence-electron chi connectivity index (χ4n) is 0.213. The van der Waals surface area contributed by atoms with Gasteiger partial charge >= 0.3 is 5.97 Å². The van der Waals surface area contributed by atoms with E-state index in [9.17, 15) is 9.59 Å². The van der Waals surface area contributed by atoms with Crippen LogP contribution in [0.15, 0.2) is 0 Å². The molecule has 0 aliphatic rings. The molecule has 0 aromatic rings. The van der Waals surface area contributed by atoms with E-state index >= 15 is 0 Å². The van der Waals surface area contributed by atoms with Crippen LogP contribution in [-0.4, -0.2) is 16.9 Å². The third-order valence-electron chi connectivity index (χ3n) is 0.400. The van der Waals surface area contributed by atoms with Gasteiger partial charge in [0.25, 0.3) is 0 Å². The van der Waals surface area contributed by atoms with E-state index in [1.165, 1.54) is 6.92 Å². The minimum absolute atomic E-state index is 0. The molecule has 0 aliphatic carbocycles. The van der Waals surface area contributed by atoms with Crippen LogP contribution in [0.4, 0.5) is 0 Å². The third-order valence-corrected chi connectivity index (χ3v) is 0.400. The molecule has 1 N–H and O–H groups in total. The van der Waals surface area contributed by atoms with Gasteiger partial charge in [-0.2, -0.15) is 0 Å². The number of hydrogen-bond acceptors (Lipinski definition) is 2. The Hall–Kier alpha value is 0.0231. The van der Waals surface area contributed by atoms with Gasteiger partial charge in [-0.05, 0) is 6.92 Å². The van der Waals surface area contributed by atoms with E-state index in [1.54, 1.807) is 0 Å². The zero-order chi connectivity index (χ0) is 5.86. The molecule has 0 fully saturated rings. The van der Waals surface area contributed by atoms with Crippen LogP contribution in [0, 0.1) is 0 Å². The van der Waals surface area contributed by atoms with Crippen molar-refractivity contribution in [2.45, 2.75) is 13.3 Å². The van der Waals surface area contributed by atoms with Crippen molar-refractivity contribution in [2.24, 2.45) is 0 Å². The molecule has 0 saturated heterocycles. The van der Waals surface area contributed by atoms with Gasteiger partial charge in [0.05, 0.1) is 0 Å². The van der Waals surface area contributed by atoms with Crippen molar-refractivity contribution >= 4 is 11.8 Å². The Balaban J connectivity index is 0. The second-order valence-electron chi connectivity index (χ2n) is 1.27. The maximum Gasteiger partial charge on any atom is 0.310 e. The Morgan fingerprint density at radius 3 is 1.88 bits per heavy atom. The molecule has 0 saturated carbocycles. The van der Waals surface area contributed by atoms with Crippen LogP contribution in [0.1, 0.15) is 13.3 Å². The Morgan fingerprint density at radius 2 is 1.88 bits per heavy atom. The van der Waals surface area contributed by atoms with E-state index in [1.807, 2.05) is 0 Å². The topological polar surface area (TPSA) is 54.4 Å². The van der Waals surface area contributed by atoms with E-state index < -0.39 is 5.97 Å². The zero-order valence-electron chi connectivity index (χ0n) is 4.47. The number of carboxylic acids is 1. The van der Waals surface area contributed by atoms with Crippen molar-refractivity contribution < 1.29 is 40.9 Å². The predicted molar refractivity (Wildman–Crippen MR) is 22.9 cm³/mol. The molecule has 0 atom stereocenters. The first-order chi connectivity index (χ1) is 3.13. The Morgan fingerprint density at radius 1 is 1.50 bits per heavy atom. The van der Waals surface area contributed by atoms with Crippen molar-refractivity contribution in [3.05, 3.63) is 0 Å². The minimum atomic E-state index is -1.06. The molecule has 3 nitrogen and oxygen atoms in total. The predicted octanol–water partition coefficient (Wildman–Crippen LogP) is 0.0476. The van der Waals surface area contributed by atoms with Gasteiger partial charge in [-0.3, -0.25) is 9.59 Å². The summed E-state index contributed by atoms with van der Waals surface area (Å²) >= 11 is 0. The summed E-state index contributed by atoms with van der Waals surface area (Å²) in [4.78, 5) is 19.5. The van der Waals surface area contributed by atoms with Gasteiger partial charge in [0, 0.05) is 26.2 Å². The normalized spacial score (nSPS) is 7.12. The maximum absolute atomic E-state index is 9.87. The Kier molecular flexibility index (Phi) is 7.04. The molecule has 4 heteroatoms. The smallest absolute Gasteiger partial charge is 0.310 e. The van der Waals surface area contributed by atoms with E-state index in [0.29, 0.717) is 0 Å². The SMILES string of the molecule is CC(=O)CC(=O)O.[Zr]. The van der Waals surface area contributed by atoms with Crippen molar-refractivity contribution in [3.63, 3.8) is 0 Å². The maximum atomic E-state index is 9.87. The quantitative estimate of drug-likeness (QED) is 0.630. The number of carboxylic acid groups (broad SMARTS) is 1. The number of aliphatic carboxylic acids is 1. The molecule has 0 radical (unpaired) electrons. The Bertz CT molecular complexity index is 87.5. The number of carbonyl (C=O) groups is 2. The van der Waals surface area contributed by atoms with Crippen molar-refractivity contribution in [1.29, 1.82) is 0 Å². The molecule has 8 heavy (non-hydrogen) atoms. The number of carbonyl (C=O) groups excluding carboxylic acids is 1. The second kappa shape index (κ2) is 5.17. The van der Waals surface area contributed by atoms with Crippen LogP contribution in [0.25, 0.3) is 0 Å². The van der Waals surface area contributed by atoms with Crippen LogP contribution >= 0.6 is 0 Å². The number of rotatable bonds is 2. The monoisotopic (exact) mass is 192 g/mol. The standard InChI is InChI=1S/C4H6O3.Zr/c1-3(5)2-4(6)7;/h2H2,1H3,(H,6,7);. The molecule has 0 amide bonds. The van der Waals surface area contributed by atoms with Crippen LogP contribution in [0.2, 0.25) is 0 Å². The Labute approximate surface area is 66.2 Å². The third kappa shape index (κ3) is 9.39. The van der Waals surface area contributed by atoms with Gasteiger partial charge in [-0.25, -0.2) is 0 Å². The van der Waals surface area contributed by atoms with Gasteiger partial charge in [-0.15, -0.1) is 0 Å². The summed E-state index contributed by atoms with van der Waals surface area (Å²) in [7, 11) is 0. The number of Topliss-reactive ketones (excluding diaryl/α,β-unsaturated/α-hetero) is 1. The van der Waals surface area contributed by atoms with Crippen LogP contribution in [-0.2, 0) is 35.8 Å². The first kappa shape index (κ1) is 10.9. The molecular formula is C4H6O3Zr. The summed E-state index contributed by atoms with van der Waals surface area (Å²) in [5.74, 6) is -1.37. The first-order valence-corrected chi connectivity index (χ1v) is 1.84. The van der Waals surface area contributed by atoms with E-state index in [4.69, 9.17) is 5.11 Å². The first-order valence-electron chi connectivity index (χ1n) is 1.84. The van der Waals surface area contributed by atoms with Gasteiger partial charge in [-0.1, -0.05) is 0 Å². The average molecular weight is 193 g/mol. The van der Waals surface area contributed by atoms with Crippen molar-refractivity contribution in [2.75, 3.05) is 0 Å². The zero-order valence-corrected chi connectivity index (χ0v) is 6.93. The molecule has 0 aromatic heterocycles. The van der Waals surface area contributed by atoms with E-state index in [2.05, 4.69) is 0 Å². The second-order valence-corrected chi connectivity index (χ2v) is 1.27. The van der Waals surface area contributed by atoms with Crippen LogP contribution in [0.3, 0.4) is 0 Å². The van der Waals surface area contributed by atoms with Gasteiger partial charge < -0.3 is 5.11 Å². The van der Waals surface area contributed by atoms with Crippen molar-refractivity contribution in [3.8, 4) is 0 Å². The van der Waals surface area contributed by atoms with Crippen LogP contribution in [0.5, 0.6) is 0 Å². The van der Waals surface area contributed by atoms with E-state index in [0.717, 1.165) is 0 Å². The van der Waals surface area contributed by atoms with Gasteiger partial charge in [0.15, 0.2) is 0 Å². The van der Waals surface area contributed by atoms with Crippen molar-refractivity contribution in [1.82, 2.24) is 0 Å². The summed E-state index contributed by atoms with van der Waals surface area (Å²) in [6.45, 7) is 1.24. The molecule has 0 bridgehead atoms. The largest absolute Gasteiger partial charge is 0.481 e. The summed E-state index contributed by atoms with van der Waals surface area (Å²) in [6.07, 6.45) is -0.361. The molecular weight excluding hydrogens is 187 g/mol. The summed E-state index contributed by atoms with van der Waals surface area (Å²) in [5, 5.41) is 7.86. The summed E-state index contributed by atoms with van der Waals surface area (Å²) in [5.41, 5.74) is 0. The van der Waals surface area contributed by atoms with Crippen LogP contribution < -0.4 is 0 Å². The minimum Gasteiger partial charge on any atom is -0.481 e. The molecule has 0 spiro atoms. The molecule has 0 heterocycles. The fraction of sp³-hybridized carbons (Fsp3) is 0.500. The summed E-state index contributed by atoms with van der Waals surface area (Å²) in [6, 6.07) is 0. The molecule has 0 rings (SSSR count). The number of hydrogen-bond donors (Lipinski definition) is 1. The molecule has 0 aliphatic heterocycles. The molecule has 0 aromatic carbocycles. The molecule has 44 valence electrons. The summed E-state index contributed by atoms with van der Waals surface area (Å²) < 4.78 is 0. The van der Waals surface area contributed by atoms with Gasteiger partial charge in [0.2, 0.25) is 0 Å². The number of ketones is 1.